The number of nitrogens with zero attached hydrogens (tertiary/aromatic N) is 4. The van der Waals surface area contributed by atoms with Crippen LogP contribution in [0.5, 0.6) is 0 Å². The van der Waals surface area contributed by atoms with Crippen molar-refractivity contribution in [2.24, 2.45) is 5.73 Å². The number of fused-ring (bicyclic) bond motifs is 3. The molecule has 0 radical (unpaired) electrons. The molecule has 204 valence electrons. The van der Waals surface area contributed by atoms with Crippen LogP contribution in [0.1, 0.15) is 22.3 Å². The monoisotopic (exact) mass is 580 g/mol. The normalized spacial score (nSPS) is 16.4. The Morgan fingerprint density at radius 1 is 1.05 bits per heavy atom. The lowest BCUT2D eigenvalue weighted by Crippen LogP contribution is -2.32. The van der Waals surface area contributed by atoms with Crippen LogP contribution in [0.4, 0.5) is 31.8 Å². The number of halogens is 4. The lowest BCUT2D eigenvalue weighted by Gasteiger charge is -2.26. The van der Waals surface area contributed by atoms with E-state index in [0.29, 0.717) is 70.2 Å². The minimum atomic E-state index is -0.670. The molecule has 40 heavy (non-hydrogen) atoms. The van der Waals surface area contributed by atoms with E-state index in [-0.39, 0.29) is 17.6 Å². The molecule has 0 bridgehead atoms. The zero-order valence-electron chi connectivity index (χ0n) is 21.2. The van der Waals surface area contributed by atoms with Gasteiger partial charge in [-0.05, 0) is 66.9 Å². The van der Waals surface area contributed by atoms with Gasteiger partial charge in [0.15, 0.2) is 0 Å². The summed E-state index contributed by atoms with van der Waals surface area (Å²) < 4.78 is 29.6. The van der Waals surface area contributed by atoms with E-state index >= 15 is 0 Å². The Labute approximate surface area is 239 Å². The molecule has 3 aromatic carbocycles. The highest BCUT2D eigenvalue weighted by Gasteiger charge is 2.28. The number of carbonyl (C=O) groups is 1. The largest absolute Gasteiger partial charge is 0.337 e. The number of para-hydroxylation sites is 1. The quantitative estimate of drug-likeness (QED) is 0.293. The molecule has 3 heterocycles. The Morgan fingerprint density at radius 2 is 1.85 bits per heavy atom. The first-order valence-electron chi connectivity index (χ1n) is 12.8. The predicted molar refractivity (Wildman–Crippen MR) is 153 cm³/mol. The van der Waals surface area contributed by atoms with Crippen molar-refractivity contribution in [1.29, 1.82) is 0 Å². The molecule has 1 amide bonds. The summed E-state index contributed by atoms with van der Waals surface area (Å²) in [7, 11) is 0. The maximum atomic E-state index is 14.8. The van der Waals surface area contributed by atoms with Crippen molar-refractivity contribution in [3.63, 3.8) is 0 Å². The molecule has 1 atom stereocenters. The average Bonchev–Trinajstić information content (AvgIpc) is 3.30. The van der Waals surface area contributed by atoms with Crippen LogP contribution < -0.4 is 16.0 Å². The van der Waals surface area contributed by atoms with Crippen LogP contribution in [0.3, 0.4) is 0 Å². The highest BCUT2D eigenvalue weighted by Crippen LogP contribution is 2.42. The number of amides is 1. The SMILES string of the molecule is NC1CCN(C(=O)c2ccc(Nc3ncc4c(n3)-c3ccc(Cl)cc3N(c3c(F)cccc3F)CC4)cc2Cl)C1. The number of hydrogen-bond donors (Lipinski definition) is 2. The van der Waals surface area contributed by atoms with Gasteiger partial charge >= 0.3 is 0 Å². The third-order valence-corrected chi connectivity index (χ3v) is 7.70. The molecule has 6 rings (SSSR count). The molecule has 2 aliphatic heterocycles. The van der Waals surface area contributed by atoms with Gasteiger partial charge in [-0.1, -0.05) is 29.3 Å². The van der Waals surface area contributed by atoms with Gasteiger partial charge in [0.05, 0.1) is 22.0 Å². The standard InChI is InChI=1S/C29H24Cl2F2N6O/c30-17-4-6-21-25(12-17)39(27-23(32)2-1-3-24(27)33)11-8-16-14-35-29(37-26(16)21)36-19-5-7-20(22(31)13-19)28(40)38-10-9-18(34)15-38/h1-7,12-14,18H,8-11,15,34H2,(H,35,36,37). The Kier molecular flexibility index (Phi) is 7.04. The fraction of sp³-hybridized carbons (Fsp3) is 0.207. The number of anilines is 4. The minimum Gasteiger partial charge on any atom is -0.337 e. The van der Waals surface area contributed by atoms with Gasteiger partial charge in [-0.15, -0.1) is 0 Å². The fourth-order valence-corrected chi connectivity index (χ4v) is 5.61. The Bertz CT molecular complexity index is 1610. The van der Waals surface area contributed by atoms with Gasteiger partial charge in [0.1, 0.15) is 17.3 Å². The van der Waals surface area contributed by atoms with Gasteiger partial charge in [0.2, 0.25) is 5.95 Å². The van der Waals surface area contributed by atoms with E-state index in [1.807, 2.05) is 0 Å². The van der Waals surface area contributed by atoms with Crippen LogP contribution in [-0.4, -0.2) is 46.5 Å². The third kappa shape index (κ3) is 4.96. The molecule has 0 saturated carbocycles. The number of benzene rings is 3. The summed E-state index contributed by atoms with van der Waals surface area (Å²) in [6.45, 7) is 1.40. The van der Waals surface area contributed by atoms with Crippen molar-refractivity contribution >= 4 is 52.1 Å². The van der Waals surface area contributed by atoms with Crippen LogP contribution in [0, 0.1) is 11.6 Å². The van der Waals surface area contributed by atoms with Crippen molar-refractivity contribution in [3.05, 3.63) is 93.6 Å². The highest BCUT2D eigenvalue weighted by atomic mass is 35.5. The minimum absolute atomic E-state index is 0.0204. The second-order valence-corrected chi connectivity index (χ2v) is 10.7. The Hall–Kier alpha value is -3.79. The van der Waals surface area contributed by atoms with Crippen molar-refractivity contribution in [2.75, 3.05) is 29.9 Å². The molecule has 2 aliphatic rings. The van der Waals surface area contributed by atoms with Crippen molar-refractivity contribution in [2.45, 2.75) is 18.9 Å². The molecule has 3 N–H and O–H groups in total. The first-order valence-corrected chi connectivity index (χ1v) is 13.5. The molecule has 4 aromatic rings. The number of carbonyl (C=O) groups excluding carboxylic acids is 1. The summed E-state index contributed by atoms with van der Waals surface area (Å²) >= 11 is 12.8. The molecule has 1 unspecified atom stereocenters. The fourth-order valence-electron chi connectivity index (χ4n) is 5.18. The molecule has 11 heteroatoms. The van der Waals surface area contributed by atoms with Gasteiger partial charge in [0, 0.05) is 48.1 Å². The maximum Gasteiger partial charge on any atom is 0.255 e. The predicted octanol–water partition coefficient (Wildman–Crippen LogP) is 6.34. The van der Waals surface area contributed by atoms with Crippen LogP contribution >= 0.6 is 23.2 Å². The topological polar surface area (TPSA) is 87.4 Å². The van der Waals surface area contributed by atoms with Crippen LogP contribution in [0.15, 0.2) is 60.8 Å². The van der Waals surface area contributed by atoms with Gasteiger partial charge < -0.3 is 20.9 Å². The molecule has 1 aromatic heterocycles. The van der Waals surface area contributed by atoms with E-state index in [9.17, 15) is 13.6 Å². The summed E-state index contributed by atoms with van der Waals surface area (Å²) in [5, 5.41) is 3.88. The molecule has 1 fully saturated rings. The van der Waals surface area contributed by atoms with E-state index in [1.54, 1.807) is 52.4 Å². The summed E-state index contributed by atoms with van der Waals surface area (Å²) in [5.74, 6) is -1.20. The van der Waals surface area contributed by atoms with Crippen molar-refractivity contribution in [1.82, 2.24) is 14.9 Å². The number of nitrogens with one attached hydrogen (secondary N) is 1. The smallest absolute Gasteiger partial charge is 0.255 e. The number of aromatic nitrogens is 2. The van der Waals surface area contributed by atoms with E-state index in [2.05, 4.69) is 10.3 Å². The average molecular weight is 581 g/mol. The number of hydrogen-bond acceptors (Lipinski definition) is 6. The summed E-state index contributed by atoms with van der Waals surface area (Å²) in [4.78, 5) is 25.4. The van der Waals surface area contributed by atoms with E-state index in [4.69, 9.17) is 33.9 Å². The van der Waals surface area contributed by atoms with Gasteiger partial charge in [-0.25, -0.2) is 18.7 Å². The van der Waals surface area contributed by atoms with Gasteiger partial charge in [0.25, 0.3) is 5.91 Å². The zero-order chi connectivity index (χ0) is 28.0. The molecular formula is C29H24Cl2F2N6O. The second kappa shape index (κ2) is 10.6. The van der Waals surface area contributed by atoms with Crippen LogP contribution in [0.2, 0.25) is 10.0 Å². The van der Waals surface area contributed by atoms with Crippen LogP contribution in [-0.2, 0) is 6.42 Å². The van der Waals surface area contributed by atoms with E-state index < -0.39 is 11.6 Å². The maximum absolute atomic E-state index is 14.8. The Morgan fingerprint density at radius 3 is 2.58 bits per heavy atom. The van der Waals surface area contributed by atoms with Gasteiger partial charge in [-0.3, -0.25) is 4.79 Å². The highest BCUT2D eigenvalue weighted by molar-refractivity contribution is 6.34. The second-order valence-electron chi connectivity index (χ2n) is 9.82. The van der Waals surface area contributed by atoms with E-state index in [0.717, 1.165) is 12.0 Å². The third-order valence-electron chi connectivity index (χ3n) is 7.15. The molecule has 7 nitrogen and oxygen atoms in total. The number of nitrogens with two attached hydrogens (primary N) is 1. The summed E-state index contributed by atoms with van der Waals surface area (Å²) in [5.41, 5.74) is 9.42. The zero-order valence-corrected chi connectivity index (χ0v) is 22.7. The number of likely N-dealkylation sites (tertiary alicyclic amines) is 1. The Balaban J connectivity index is 1.32. The van der Waals surface area contributed by atoms with E-state index in [1.165, 1.54) is 18.2 Å². The molecule has 0 spiro atoms. The summed E-state index contributed by atoms with van der Waals surface area (Å²) in [6.07, 6.45) is 2.90. The lowest BCUT2D eigenvalue weighted by atomic mass is 10.0. The molecule has 1 saturated heterocycles. The number of rotatable bonds is 4. The van der Waals surface area contributed by atoms with Crippen molar-refractivity contribution < 1.29 is 13.6 Å². The molecular weight excluding hydrogens is 557 g/mol. The lowest BCUT2D eigenvalue weighted by molar-refractivity contribution is 0.0791. The molecule has 0 aliphatic carbocycles. The van der Waals surface area contributed by atoms with Crippen molar-refractivity contribution in [3.8, 4) is 11.3 Å². The van der Waals surface area contributed by atoms with Gasteiger partial charge in [-0.2, -0.15) is 0 Å². The van der Waals surface area contributed by atoms with Crippen LogP contribution in [0.25, 0.3) is 11.3 Å². The summed E-state index contributed by atoms with van der Waals surface area (Å²) in [6, 6.07) is 14.0. The first kappa shape index (κ1) is 26.4. The first-order chi connectivity index (χ1) is 19.3.